The van der Waals surface area contributed by atoms with Crippen molar-refractivity contribution in [2.45, 2.75) is 31.9 Å². The van der Waals surface area contributed by atoms with E-state index < -0.39 is 0 Å². The Kier molecular flexibility index (Phi) is 2.79. The number of aliphatic hydroxyl groups is 1. The Morgan fingerprint density at radius 1 is 1.50 bits per heavy atom. The summed E-state index contributed by atoms with van der Waals surface area (Å²) in [5.41, 5.74) is 7.62. The van der Waals surface area contributed by atoms with Crippen LogP contribution in [0.15, 0.2) is 18.2 Å². The molecule has 14 heavy (non-hydrogen) atoms. The van der Waals surface area contributed by atoms with Gasteiger partial charge in [-0.25, -0.2) is 0 Å². The van der Waals surface area contributed by atoms with Crippen molar-refractivity contribution in [2.24, 2.45) is 11.7 Å². The van der Waals surface area contributed by atoms with Crippen molar-refractivity contribution in [3.8, 4) is 0 Å². The summed E-state index contributed by atoms with van der Waals surface area (Å²) in [4.78, 5) is 4.30. The lowest BCUT2D eigenvalue weighted by Crippen LogP contribution is -2.13. The van der Waals surface area contributed by atoms with Crippen LogP contribution in [0, 0.1) is 5.92 Å². The van der Waals surface area contributed by atoms with Crippen molar-refractivity contribution in [2.75, 3.05) is 0 Å². The number of aromatic nitrogens is 1. The van der Waals surface area contributed by atoms with E-state index in [9.17, 15) is 0 Å². The molecule has 1 aliphatic carbocycles. The summed E-state index contributed by atoms with van der Waals surface area (Å²) in [5, 5.41) is 8.93. The fraction of sp³-hybridized carbons (Fsp3) is 0.545. The lowest BCUT2D eigenvalue weighted by Gasteiger charge is -2.10. The van der Waals surface area contributed by atoms with Crippen molar-refractivity contribution in [1.29, 1.82) is 0 Å². The van der Waals surface area contributed by atoms with Gasteiger partial charge in [0.25, 0.3) is 0 Å². The Bertz CT molecular complexity index is 310. The molecule has 1 heterocycles. The van der Waals surface area contributed by atoms with E-state index in [4.69, 9.17) is 10.8 Å². The Balaban J connectivity index is 2.05. The second-order valence-electron chi connectivity index (χ2n) is 4.00. The molecule has 1 fully saturated rings. The maximum absolute atomic E-state index is 8.93. The predicted octanol–water partition coefficient (Wildman–Crippen LogP) is 1.37. The maximum atomic E-state index is 8.93. The molecule has 1 saturated carbocycles. The molecule has 0 saturated heterocycles. The van der Waals surface area contributed by atoms with Gasteiger partial charge in [-0.15, -0.1) is 0 Å². The van der Waals surface area contributed by atoms with Crippen LogP contribution in [0.3, 0.4) is 0 Å². The summed E-state index contributed by atoms with van der Waals surface area (Å²) in [6.07, 6.45) is 3.66. The molecule has 0 spiro atoms. The molecule has 1 unspecified atom stereocenters. The van der Waals surface area contributed by atoms with Crippen LogP contribution in [0.4, 0.5) is 0 Å². The molecule has 1 atom stereocenters. The number of nitrogens with zero attached hydrogens (tertiary/aromatic N) is 1. The second kappa shape index (κ2) is 4.07. The van der Waals surface area contributed by atoms with E-state index >= 15 is 0 Å². The predicted molar refractivity (Wildman–Crippen MR) is 54.4 cm³/mol. The van der Waals surface area contributed by atoms with Crippen LogP contribution in [0.2, 0.25) is 0 Å². The van der Waals surface area contributed by atoms with Gasteiger partial charge in [-0.3, -0.25) is 4.98 Å². The van der Waals surface area contributed by atoms with Crippen LogP contribution in [-0.4, -0.2) is 10.1 Å². The van der Waals surface area contributed by atoms with Crippen molar-refractivity contribution >= 4 is 0 Å². The van der Waals surface area contributed by atoms with Gasteiger partial charge in [-0.2, -0.15) is 0 Å². The minimum Gasteiger partial charge on any atom is -0.390 e. The molecule has 76 valence electrons. The van der Waals surface area contributed by atoms with Crippen LogP contribution in [-0.2, 0) is 6.61 Å². The van der Waals surface area contributed by atoms with Gasteiger partial charge in [0.15, 0.2) is 0 Å². The van der Waals surface area contributed by atoms with E-state index in [1.165, 1.54) is 12.8 Å². The van der Waals surface area contributed by atoms with E-state index in [-0.39, 0.29) is 12.6 Å². The van der Waals surface area contributed by atoms with E-state index in [0.717, 1.165) is 18.0 Å². The van der Waals surface area contributed by atoms with Crippen molar-refractivity contribution in [1.82, 2.24) is 4.98 Å². The first-order chi connectivity index (χ1) is 6.79. The van der Waals surface area contributed by atoms with Gasteiger partial charge < -0.3 is 10.8 Å². The molecular formula is C11H16N2O. The van der Waals surface area contributed by atoms with Crippen molar-refractivity contribution in [3.05, 3.63) is 29.6 Å². The highest BCUT2D eigenvalue weighted by Gasteiger charge is 2.24. The largest absolute Gasteiger partial charge is 0.390 e. The molecule has 1 aromatic rings. The van der Waals surface area contributed by atoms with Crippen molar-refractivity contribution < 1.29 is 5.11 Å². The zero-order chi connectivity index (χ0) is 9.97. The molecule has 1 aliphatic rings. The summed E-state index contributed by atoms with van der Waals surface area (Å²) in [6.45, 7) is -0.00993. The number of pyridine rings is 1. The lowest BCUT2D eigenvalue weighted by atomic mass is 10.1. The first kappa shape index (κ1) is 9.62. The fourth-order valence-corrected chi connectivity index (χ4v) is 1.63. The average Bonchev–Trinajstić information content (AvgIpc) is 3.02. The Labute approximate surface area is 84.0 Å². The molecule has 3 nitrogen and oxygen atoms in total. The Hall–Kier alpha value is -0.930. The molecule has 0 bridgehead atoms. The van der Waals surface area contributed by atoms with Crippen LogP contribution >= 0.6 is 0 Å². The summed E-state index contributed by atoms with van der Waals surface area (Å²) in [7, 11) is 0. The van der Waals surface area contributed by atoms with E-state index in [0.29, 0.717) is 5.69 Å². The highest BCUT2D eigenvalue weighted by molar-refractivity contribution is 5.14. The van der Waals surface area contributed by atoms with Crippen LogP contribution in [0.5, 0.6) is 0 Å². The minimum atomic E-state index is -0.00993. The standard InChI is InChI=1S/C11H16N2O/c12-10(6-8-4-5-8)11-3-1-2-9(7-14)13-11/h1-3,8,10,14H,4-7,12H2. The molecular weight excluding hydrogens is 176 g/mol. The van der Waals surface area contributed by atoms with Crippen LogP contribution < -0.4 is 5.73 Å². The third-order valence-electron chi connectivity index (χ3n) is 2.65. The van der Waals surface area contributed by atoms with Gasteiger partial charge in [-0.05, 0) is 24.5 Å². The molecule has 0 aromatic carbocycles. The average molecular weight is 192 g/mol. The molecule has 0 aliphatic heterocycles. The quantitative estimate of drug-likeness (QED) is 0.757. The highest BCUT2D eigenvalue weighted by atomic mass is 16.3. The smallest absolute Gasteiger partial charge is 0.0853 e. The molecule has 3 N–H and O–H groups in total. The van der Waals surface area contributed by atoms with Crippen LogP contribution in [0.1, 0.15) is 36.7 Å². The first-order valence-electron chi connectivity index (χ1n) is 5.12. The van der Waals surface area contributed by atoms with Crippen molar-refractivity contribution in [3.63, 3.8) is 0 Å². The van der Waals surface area contributed by atoms with Crippen LogP contribution in [0.25, 0.3) is 0 Å². The molecule has 0 amide bonds. The monoisotopic (exact) mass is 192 g/mol. The second-order valence-corrected chi connectivity index (χ2v) is 4.00. The number of hydrogen-bond acceptors (Lipinski definition) is 3. The molecule has 2 rings (SSSR count). The maximum Gasteiger partial charge on any atom is 0.0853 e. The number of nitrogens with two attached hydrogens (primary N) is 1. The van der Waals surface area contributed by atoms with Gasteiger partial charge in [0.2, 0.25) is 0 Å². The zero-order valence-electron chi connectivity index (χ0n) is 8.19. The molecule has 1 aromatic heterocycles. The third kappa shape index (κ3) is 2.30. The Morgan fingerprint density at radius 2 is 2.29 bits per heavy atom. The third-order valence-corrected chi connectivity index (χ3v) is 2.65. The van der Waals surface area contributed by atoms with Gasteiger partial charge in [-0.1, -0.05) is 18.9 Å². The zero-order valence-corrected chi connectivity index (χ0v) is 8.19. The summed E-state index contributed by atoms with van der Waals surface area (Å²) < 4.78 is 0. The molecule has 3 heteroatoms. The number of hydrogen-bond donors (Lipinski definition) is 2. The van der Waals surface area contributed by atoms with E-state index in [1.807, 2.05) is 18.2 Å². The van der Waals surface area contributed by atoms with E-state index in [2.05, 4.69) is 4.98 Å². The first-order valence-corrected chi connectivity index (χ1v) is 5.12. The Morgan fingerprint density at radius 3 is 2.93 bits per heavy atom. The van der Waals surface area contributed by atoms with Gasteiger partial charge >= 0.3 is 0 Å². The minimum absolute atomic E-state index is 0.00993. The topological polar surface area (TPSA) is 59.1 Å². The summed E-state index contributed by atoms with van der Waals surface area (Å²) >= 11 is 0. The summed E-state index contributed by atoms with van der Waals surface area (Å²) in [6, 6.07) is 5.69. The fourth-order valence-electron chi connectivity index (χ4n) is 1.63. The van der Waals surface area contributed by atoms with Gasteiger partial charge in [0.05, 0.1) is 18.0 Å². The SMILES string of the molecule is NC(CC1CC1)c1cccc(CO)n1. The normalized spacial score (nSPS) is 18.1. The number of aliphatic hydroxyl groups excluding tert-OH is 1. The molecule has 0 radical (unpaired) electrons. The highest BCUT2D eigenvalue weighted by Crippen LogP contribution is 2.36. The van der Waals surface area contributed by atoms with E-state index in [1.54, 1.807) is 0 Å². The van der Waals surface area contributed by atoms with Gasteiger partial charge in [0, 0.05) is 6.04 Å². The lowest BCUT2D eigenvalue weighted by molar-refractivity contribution is 0.276. The summed E-state index contributed by atoms with van der Waals surface area (Å²) in [5.74, 6) is 0.810. The number of rotatable bonds is 4. The van der Waals surface area contributed by atoms with Gasteiger partial charge in [0.1, 0.15) is 0 Å².